The number of nitrogens with one attached hydrogen (secondary N) is 8. The molecule has 5 saturated heterocycles. The van der Waals surface area contributed by atoms with E-state index in [9.17, 15) is 10.2 Å². The first-order valence-corrected chi connectivity index (χ1v) is 18.1. The molecule has 8 bridgehead atoms. The van der Waals surface area contributed by atoms with Crippen molar-refractivity contribution >= 4 is 0 Å². The van der Waals surface area contributed by atoms with Crippen LogP contribution >= 0.6 is 0 Å². The van der Waals surface area contributed by atoms with Crippen LogP contribution in [0.1, 0.15) is 89.9 Å². The fourth-order valence-electron chi connectivity index (χ4n) is 12.0. The van der Waals surface area contributed by atoms with Gasteiger partial charge in [0.1, 0.15) is 0 Å². The summed E-state index contributed by atoms with van der Waals surface area (Å²) in [5, 5.41) is 54.9. The van der Waals surface area contributed by atoms with Crippen molar-refractivity contribution in [2.75, 3.05) is 0 Å². The summed E-state index contributed by atoms with van der Waals surface area (Å²) in [5.41, 5.74) is 0. The van der Waals surface area contributed by atoms with E-state index in [2.05, 4.69) is 42.5 Å². The summed E-state index contributed by atoms with van der Waals surface area (Å²) in [4.78, 5) is 0. The maximum atomic E-state index is 11.4. The summed E-state index contributed by atoms with van der Waals surface area (Å²) in [6.07, 6.45) is 17.9. The van der Waals surface area contributed by atoms with E-state index in [1.807, 2.05) is 0 Å². The second kappa shape index (κ2) is 12.3. The van der Waals surface area contributed by atoms with Crippen molar-refractivity contribution < 1.29 is 29.7 Å². The van der Waals surface area contributed by atoms with E-state index in [1.54, 1.807) is 0 Å². The van der Waals surface area contributed by atoms with Gasteiger partial charge in [0.2, 0.25) is 0 Å². The van der Waals surface area contributed by atoms with Crippen molar-refractivity contribution in [3.8, 4) is 0 Å². The van der Waals surface area contributed by atoms with Crippen molar-refractivity contribution in [3.63, 3.8) is 0 Å². The smallest absolute Gasteiger partial charge is 0.0858 e. The molecule has 0 aromatic heterocycles. The second-order valence-corrected chi connectivity index (χ2v) is 15.9. The van der Waals surface area contributed by atoms with Gasteiger partial charge in [-0.05, 0) is 92.8 Å². The van der Waals surface area contributed by atoms with Gasteiger partial charge < -0.3 is 10.2 Å². The van der Waals surface area contributed by atoms with Crippen LogP contribution in [0.15, 0.2) is 0 Å². The van der Waals surface area contributed by atoms with E-state index in [-0.39, 0.29) is 50.1 Å². The molecule has 10 N–H and O–H groups in total. The number of hydrogen-bond acceptors (Lipinski definition) is 10. The number of aliphatic hydroxyl groups excluding tert-OH is 2. The zero-order valence-electron chi connectivity index (χ0n) is 25.5. The molecule has 0 aromatic rings. The fraction of sp³-hybridized carbons (Fsp3) is 1.00. The fourth-order valence-corrected chi connectivity index (χ4v) is 12.0. The van der Waals surface area contributed by atoms with Crippen molar-refractivity contribution in [1.29, 1.82) is 0 Å². The Morgan fingerprint density at radius 3 is 0.930 bits per heavy atom. The van der Waals surface area contributed by atoms with Gasteiger partial charge in [0.05, 0.1) is 61.5 Å². The van der Waals surface area contributed by atoms with Crippen LogP contribution in [0.3, 0.4) is 0 Å². The minimum Gasteiger partial charge on any atom is -0.390 e. The molecule has 9 rings (SSSR count). The number of rotatable bonds is 0. The molecule has 43 heavy (non-hydrogen) atoms. The van der Waals surface area contributed by atoms with Gasteiger partial charge in [-0.25, -0.2) is 0 Å². The van der Waals surface area contributed by atoms with Crippen molar-refractivity contribution in [2.45, 2.75) is 151 Å². The second-order valence-electron chi connectivity index (χ2n) is 15.9. The SMILES string of the molecule is OC1CCC2C3NC4NC(NC5NC(NC6NC(NC(N3)C2C1O)C1CCCCC61)C1CCCCC51)C1CCCCC41.[Rh]. The van der Waals surface area contributed by atoms with Crippen molar-refractivity contribution in [1.82, 2.24) is 42.5 Å². The molecule has 18 atom stereocenters. The Labute approximate surface area is 270 Å². The van der Waals surface area contributed by atoms with E-state index in [0.29, 0.717) is 72.5 Å². The molecule has 245 valence electrons. The van der Waals surface area contributed by atoms with Crippen LogP contribution in [-0.4, -0.2) is 71.7 Å². The van der Waals surface area contributed by atoms with Gasteiger partial charge >= 0.3 is 0 Å². The van der Waals surface area contributed by atoms with Gasteiger partial charge in [-0.1, -0.05) is 38.5 Å². The third kappa shape index (κ3) is 5.24. The summed E-state index contributed by atoms with van der Waals surface area (Å²) < 4.78 is 0. The number of aliphatic hydroxyl groups is 2. The quantitative estimate of drug-likeness (QED) is 0.165. The summed E-state index contributed by atoms with van der Waals surface area (Å²) in [5.74, 6) is 4.14. The molecule has 18 unspecified atom stereocenters. The van der Waals surface area contributed by atoms with Crippen LogP contribution in [-0.2, 0) is 19.5 Å². The maximum absolute atomic E-state index is 11.4. The van der Waals surface area contributed by atoms with E-state index in [1.165, 1.54) is 77.0 Å². The van der Waals surface area contributed by atoms with E-state index in [4.69, 9.17) is 0 Å². The Kier molecular flexibility index (Phi) is 8.77. The minimum absolute atomic E-state index is 0. The van der Waals surface area contributed by atoms with E-state index in [0.717, 1.165) is 6.42 Å². The molecule has 9 aliphatic rings. The number of fused-ring (bicyclic) bond motifs is 20. The van der Waals surface area contributed by atoms with Gasteiger partial charge in [0.25, 0.3) is 0 Å². The van der Waals surface area contributed by atoms with Crippen LogP contribution in [0.2, 0.25) is 0 Å². The van der Waals surface area contributed by atoms with Crippen LogP contribution < -0.4 is 42.5 Å². The summed E-state index contributed by atoms with van der Waals surface area (Å²) in [7, 11) is 0. The van der Waals surface area contributed by atoms with Crippen molar-refractivity contribution in [3.05, 3.63) is 0 Å². The zero-order valence-corrected chi connectivity index (χ0v) is 27.2. The third-order valence-electron chi connectivity index (χ3n) is 14.0. The Balaban J connectivity index is 0.00000278. The van der Waals surface area contributed by atoms with Crippen LogP contribution in [0.25, 0.3) is 0 Å². The van der Waals surface area contributed by atoms with E-state index < -0.39 is 12.2 Å². The van der Waals surface area contributed by atoms with Gasteiger partial charge in [-0.2, -0.15) is 0 Å². The molecular formula is C32H56N8O2Rh. The summed E-state index contributed by atoms with van der Waals surface area (Å²) in [6, 6.07) is 0. The van der Waals surface area contributed by atoms with Gasteiger partial charge in [0, 0.05) is 25.4 Å². The van der Waals surface area contributed by atoms with Gasteiger partial charge in [-0.15, -0.1) is 0 Å². The van der Waals surface area contributed by atoms with Crippen LogP contribution in [0.5, 0.6) is 0 Å². The maximum Gasteiger partial charge on any atom is 0.0858 e. The average Bonchev–Trinajstić information content (AvgIpc) is 3.74. The topological polar surface area (TPSA) is 137 Å². The minimum atomic E-state index is -0.698. The van der Waals surface area contributed by atoms with Crippen molar-refractivity contribution in [2.24, 2.45) is 47.3 Å². The molecular weight excluding hydrogens is 631 g/mol. The molecule has 0 spiro atoms. The standard InChI is InChI=1S/C32H56N8O2.Rh/c41-22-14-13-21-23(24(22)42)32-39-30-20-12-6-5-11-19(20)28(37-30)35-26-16-8-2-1-7-15(16)25(33-26)34-27-17-9-3-4-10-18(17)29(36-27)38-31(21)40-32;/h15-42H,1-14H2;. The zero-order chi connectivity index (χ0) is 27.9. The normalized spacial score (nSPS) is 57.6. The van der Waals surface area contributed by atoms with Gasteiger partial charge in [0.15, 0.2) is 0 Å². The molecule has 0 aromatic carbocycles. The molecule has 1 radical (unpaired) electrons. The Morgan fingerprint density at radius 2 is 0.605 bits per heavy atom. The summed E-state index contributed by atoms with van der Waals surface area (Å²) in [6.45, 7) is 0. The molecule has 10 nitrogen and oxygen atoms in total. The van der Waals surface area contributed by atoms with Crippen LogP contribution in [0, 0.1) is 47.3 Å². The first-order valence-electron chi connectivity index (χ1n) is 18.1. The Morgan fingerprint density at radius 1 is 0.326 bits per heavy atom. The molecule has 0 amide bonds. The summed E-state index contributed by atoms with van der Waals surface area (Å²) >= 11 is 0. The van der Waals surface area contributed by atoms with Crippen LogP contribution in [0.4, 0.5) is 0 Å². The predicted octanol–water partition coefficient (Wildman–Crippen LogP) is 0.545. The molecule has 4 aliphatic carbocycles. The Hall–Kier alpha value is 0.223. The monoisotopic (exact) mass is 687 g/mol. The largest absolute Gasteiger partial charge is 0.390 e. The molecule has 5 heterocycles. The van der Waals surface area contributed by atoms with E-state index >= 15 is 0 Å². The number of hydrogen-bond donors (Lipinski definition) is 10. The molecule has 11 heteroatoms. The third-order valence-corrected chi connectivity index (χ3v) is 14.0. The predicted molar refractivity (Wildman–Crippen MR) is 160 cm³/mol. The first kappa shape index (κ1) is 30.6. The first-order chi connectivity index (χ1) is 20.6. The van der Waals surface area contributed by atoms with Gasteiger partial charge in [-0.3, -0.25) is 42.5 Å². The molecule has 4 saturated carbocycles. The Bertz CT molecular complexity index is 995. The average molecular weight is 688 g/mol. The molecule has 5 aliphatic heterocycles. The molecule has 9 fully saturated rings.